The second-order valence-electron chi connectivity index (χ2n) is 6.86. The fourth-order valence-electron chi connectivity index (χ4n) is 1.97. The molecule has 2 aromatic rings. The van der Waals surface area contributed by atoms with Crippen LogP contribution in [0.25, 0.3) is 0 Å². The number of hydrogen-bond donors (Lipinski definition) is 1. The molecule has 136 valence electrons. The molecular formula is C18H24O5SSi. The normalized spacial score (nSPS) is 11.3. The molecule has 1 heterocycles. The van der Waals surface area contributed by atoms with Gasteiger partial charge in [-0.25, -0.2) is 4.79 Å². The molecule has 0 amide bonds. The molecule has 0 aliphatic carbocycles. The zero-order chi connectivity index (χ0) is 18.3. The highest BCUT2D eigenvalue weighted by atomic mass is 32.1. The molecule has 0 spiro atoms. The maximum Gasteiger partial charge on any atom is 0.339 e. The monoisotopic (exact) mass is 380 g/mol. The van der Waals surface area contributed by atoms with Gasteiger partial charge in [0.25, 0.3) is 0 Å². The van der Waals surface area contributed by atoms with E-state index in [-0.39, 0.29) is 18.1 Å². The van der Waals surface area contributed by atoms with E-state index in [0.717, 1.165) is 11.6 Å². The van der Waals surface area contributed by atoms with Gasteiger partial charge in [-0.1, -0.05) is 19.6 Å². The average molecular weight is 381 g/mol. The van der Waals surface area contributed by atoms with Crippen molar-refractivity contribution in [1.82, 2.24) is 0 Å². The molecule has 2 rings (SSSR count). The maximum atomic E-state index is 11.3. The Balaban J connectivity index is 1.93. The van der Waals surface area contributed by atoms with Gasteiger partial charge in [0.1, 0.15) is 23.7 Å². The first kappa shape index (κ1) is 19.5. The molecule has 0 atom stereocenters. The summed E-state index contributed by atoms with van der Waals surface area (Å²) in [4.78, 5) is 11.3. The fraction of sp³-hybridized carbons (Fsp3) is 0.389. The molecule has 0 bridgehead atoms. The quantitative estimate of drug-likeness (QED) is 0.367. The van der Waals surface area contributed by atoms with E-state index in [0.29, 0.717) is 19.0 Å². The minimum Gasteiger partial charge on any atom is -0.489 e. The third-order valence-electron chi connectivity index (χ3n) is 3.46. The number of ether oxygens (including phenoxy) is 3. The summed E-state index contributed by atoms with van der Waals surface area (Å²) in [5, 5.41) is 13.3. The molecule has 5 nitrogen and oxygen atoms in total. The van der Waals surface area contributed by atoms with Crippen LogP contribution in [0.5, 0.6) is 11.5 Å². The molecule has 25 heavy (non-hydrogen) atoms. The number of carbonyl (C=O) groups is 1. The maximum absolute atomic E-state index is 11.3. The number of benzene rings is 1. The predicted molar refractivity (Wildman–Crippen MR) is 102 cm³/mol. The zero-order valence-corrected chi connectivity index (χ0v) is 16.6. The molecule has 1 aromatic heterocycles. The molecule has 0 fully saturated rings. The standard InChI is InChI=1S/C18H24O5SSi/c1-25(2,3)9-7-21-13-23-17-10-15(4-5-16(17)18(19)20)22-11-14-6-8-24-12-14/h4-6,8,10,12H,7,9,11,13H2,1-3H3,(H,19,20). The highest BCUT2D eigenvalue weighted by Gasteiger charge is 2.14. The Labute approximate surface area is 153 Å². The Morgan fingerprint density at radius 2 is 2.00 bits per heavy atom. The van der Waals surface area contributed by atoms with Crippen LogP contribution in [0.1, 0.15) is 15.9 Å². The Hall–Kier alpha value is -1.83. The summed E-state index contributed by atoms with van der Waals surface area (Å²) in [6.45, 7) is 7.89. The van der Waals surface area contributed by atoms with Gasteiger partial charge < -0.3 is 19.3 Å². The van der Waals surface area contributed by atoms with Gasteiger partial charge in [-0.15, -0.1) is 0 Å². The van der Waals surface area contributed by atoms with Crippen LogP contribution in [0.2, 0.25) is 25.7 Å². The average Bonchev–Trinajstić information content (AvgIpc) is 3.05. The summed E-state index contributed by atoms with van der Waals surface area (Å²) in [6.07, 6.45) is 0. The highest BCUT2D eigenvalue weighted by Crippen LogP contribution is 2.26. The van der Waals surface area contributed by atoms with E-state index in [4.69, 9.17) is 14.2 Å². The van der Waals surface area contributed by atoms with Gasteiger partial charge >= 0.3 is 5.97 Å². The van der Waals surface area contributed by atoms with Crippen molar-refractivity contribution < 1.29 is 24.1 Å². The SMILES string of the molecule is C[Si](C)(C)CCOCOc1cc(OCc2ccsc2)ccc1C(=O)O. The molecule has 0 aliphatic rings. The largest absolute Gasteiger partial charge is 0.489 e. The van der Waals surface area contributed by atoms with Gasteiger partial charge in [-0.3, -0.25) is 0 Å². The Morgan fingerprint density at radius 1 is 1.20 bits per heavy atom. The van der Waals surface area contributed by atoms with Gasteiger partial charge in [-0.05, 0) is 40.6 Å². The van der Waals surface area contributed by atoms with Crippen LogP contribution in [0.4, 0.5) is 0 Å². The van der Waals surface area contributed by atoms with E-state index in [1.54, 1.807) is 23.5 Å². The molecule has 0 aliphatic heterocycles. The lowest BCUT2D eigenvalue weighted by Crippen LogP contribution is -2.22. The van der Waals surface area contributed by atoms with E-state index in [2.05, 4.69) is 19.6 Å². The number of aromatic carboxylic acids is 1. The van der Waals surface area contributed by atoms with Crippen LogP contribution in [0.15, 0.2) is 35.0 Å². The van der Waals surface area contributed by atoms with Crippen LogP contribution in [0.3, 0.4) is 0 Å². The topological polar surface area (TPSA) is 65.0 Å². The van der Waals surface area contributed by atoms with Crippen molar-refractivity contribution in [3.63, 3.8) is 0 Å². The van der Waals surface area contributed by atoms with Gasteiger partial charge in [-0.2, -0.15) is 11.3 Å². The lowest BCUT2D eigenvalue weighted by molar-refractivity contribution is 0.0209. The number of carboxylic acid groups (broad SMARTS) is 1. The number of carboxylic acids is 1. The van der Waals surface area contributed by atoms with E-state index in [9.17, 15) is 9.90 Å². The number of rotatable bonds is 10. The minimum atomic E-state index is -1.16. The second kappa shape index (κ2) is 9.03. The predicted octanol–water partition coefficient (Wildman–Crippen LogP) is 4.72. The third-order valence-corrected chi connectivity index (χ3v) is 5.90. The molecular weight excluding hydrogens is 356 g/mol. The molecule has 1 N–H and O–H groups in total. The van der Waals surface area contributed by atoms with Crippen molar-refractivity contribution in [2.45, 2.75) is 32.3 Å². The Kier molecular flexibility index (Phi) is 7.04. The molecule has 0 unspecified atom stereocenters. The van der Waals surface area contributed by atoms with Crippen molar-refractivity contribution in [2.75, 3.05) is 13.4 Å². The van der Waals surface area contributed by atoms with E-state index >= 15 is 0 Å². The van der Waals surface area contributed by atoms with Crippen LogP contribution in [-0.2, 0) is 11.3 Å². The Bertz CT molecular complexity index is 679. The van der Waals surface area contributed by atoms with Gasteiger partial charge in [0.05, 0.1) is 0 Å². The summed E-state index contributed by atoms with van der Waals surface area (Å²) >= 11 is 1.61. The summed E-state index contributed by atoms with van der Waals surface area (Å²) < 4.78 is 16.7. The van der Waals surface area contributed by atoms with Crippen LogP contribution >= 0.6 is 11.3 Å². The third kappa shape index (κ3) is 6.89. The van der Waals surface area contributed by atoms with Gasteiger partial charge in [0, 0.05) is 20.7 Å². The van der Waals surface area contributed by atoms with Crippen LogP contribution in [0, 0.1) is 0 Å². The first-order valence-electron chi connectivity index (χ1n) is 8.07. The first-order chi connectivity index (χ1) is 11.8. The molecule has 0 radical (unpaired) electrons. The van der Waals surface area contributed by atoms with Crippen molar-refractivity contribution in [1.29, 1.82) is 0 Å². The van der Waals surface area contributed by atoms with Crippen LogP contribution in [-0.4, -0.2) is 32.5 Å². The smallest absolute Gasteiger partial charge is 0.339 e. The minimum absolute atomic E-state index is 0.0265. The van der Waals surface area contributed by atoms with Gasteiger partial charge in [0.2, 0.25) is 0 Å². The Morgan fingerprint density at radius 3 is 2.64 bits per heavy atom. The molecule has 0 saturated carbocycles. The van der Waals surface area contributed by atoms with E-state index in [1.165, 1.54) is 6.07 Å². The van der Waals surface area contributed by atoms with Gasteiger partial charge in [0.15, 0.2) is 6.79 Å². The van der Waals surface area contributed by atoms with E-state index < -0.39 is 14.0 Å². The summed E-state index contributed by atoms with van der Waals surface area (Å²) in [7, 11) is -1.16. The summed E-state index contributed by atoms with van der Waals surface area (Å²) in [6, 6.07) is 7.74. The summed E-state index contributed by atoms with van der Waals surface area (Å²) in [5.41, 5.74) is 1.17. The fourth-order valence-corrected chi connectivity index (χ4v) is 3.38. The first-order valence-corrected chi connectivity index (χ1v) is 12.7. The lowest BCUT2D eigenvalue weighted by atomic mass is 10.2. The summed E-state index contributed by atoms with van der Waals surface area (Å²) in [5.74, 6) is -0.224. The number of hydrogen-bond acceptors (Lipinski definition) is 5. The molecule has 1 aromatic carbocycles. The van der Waals surface area contributed by atoms with Crippen molar-refractivity contribution >= 4 is 25.4 Å². The highest BCUT2D eigenvalue weighted by molar-refractivity contribution is 7.07. The van der Waals surface area contributed by atoms with Crippen LogP contribution < -0.4 is 9.47 Å². The lowest BCUT2D eigenvalue weighted by Gasteiger charge is -2.16. The van der Waals surface area contributed by atoms with Crippen molar-refractivity contribution in [3.8, 4) is 11.5 Å². The molecule has 0 saturated heterocycles. The molecule has 7 heteroatoms. The van der Waals surface area contributed by atoms with E-state index in [1.807, 2.05) is 16.8 Å². The van der Waals surface area contributed by atoms with Crippen molar-refractivity contribution in [3.05, 3.63) is 46.2 Å². The number of thiophene rings is 1. The zero-order valence-electron chi connectivity index (χ0n) is 14.8. The van der Waals surface area contributed by atoms with Crippen molar-refractivity contribution in [2.24, 2.45) is 0 Å². The second-order valence-corrected chi connectivity index (χ2v) is 13.3.